The fraction of sp³-hybridized carbons (Fsp3) is 0.500. The van der Waals surface area contributed by atoms with Crippen LogP contribution in [0, 0.1) is 6.92 Å². The number of aliphatic hydroxyl groups excluding tert-OH is 1. The number of aryl methyl sites for hydroxylation is 1. The van der Waals surface area contributed by atoms with Gasteiger partial charge in [0, 0.05) is 18.3 Å². The van der Waals surface area contributed by atoms with E-state index >= 15 is 0 Å². The number of carbonyl (C=O) groups is 1. The summed E-state index contributed by atoms with van der Waals surface area (Å²) in [4.78, 5) is 14.0. The number of nitrogens with zero attached hydrogens (tertiary/aromatic N) is 1. The van der Waals surface area contributed by atoms with E-state index in [1.165, 1.54) is 5.56 Å². The van der Waals surface area contributed by atoms with E-state index in [0.29, 0.717) is 0 Å². The Morgan fingerprint density at radius 3 is 2.67 bits per heavy atom. The molecular formula is C14H20N2O2. The van der Waals surface area contributed by atoms with Crippen molar-refractivity contribution in [3.8, 4) is 0 Å². The SMILES string of the molecule is Cc1ccc(N2CCC(C)NC(=O)C2CO)cc1. The van der Waals surface area contributed by atoms with Crippen molar-refractivity contribution in [1.82, 2.24) is 5.32 Å². The number of carbonyl (C=O) groups excluding carboxylic acids is 1. The van der Waals surface area contributed by atoms with Gasteiger partial charge in [-0.15, -0.1) is 0 Å². The molecule has 1 heterocycles. The average molecular weight is 248 g/mol. The summed E-state index contributed by atoms with van der Waals surface area (Å²) in [7, 11) is 0. The van der Waals surface area contributed by atoms with E-state index in [2.05, 4.69) is 5.32 Å². The summed E-state index contributed by atoms with van der Waals surface area (Å²) in [5.74, 6) is -0.0944. The second kappa shape index (κ2) is 5.40. The second-order valence-electron chi connectivity index (χ2n) is 4.93. The monoisotopic (exact) mass is 248 g/mol. The first-order valence-electron chi connectivity index (χ1n) is 6.36. The largest absolute Gasteiger partial charge is 0.394 e. The third-order valence-electron chi connectivity index (χ3n) is 3.41. The van der Waals surface area contributed by atoms with Gasteiger partial charge in [0.05, 0.1) is 6.61 Å². The fourth-order valence-corrected chi connectivity index (χ4v) is 2.27. The molecule has 4 heteroatoms. The minimum atomic E-state index is -0.488. The van der Waals surface area contributed by atoms with E-state index in [1.807, 2.05) is 43.0 Å². The zero-order valence-corrected chi connectivity index (χ0v) is 10.9. The summed E-state index contributed by atoms with van der Waals surface area (Å²) >= 11 is 0. The number of benzene rings is 1. The zero-order valence-electron chi connectivity index (χ0n) is 10.9. The molecule has 2 unspecified atom stereocenters. The molecule has 0 saturated carbocycles. The Morgan fingerprint density at radius 2 is 2.06 bits per heavy atom. The van der Waals surface area contributed by atoms with Crippen LogP contribution in [0.1, 0.15) is 18.9 Å². The second-order valence-corrected chi connectivity index (χ2v) is 4.93. The van der Waals surface area contributed by atoms with Crippen LogP contribution in [0.3, 0.4) is 0 Å². The maximum atomic E-state index is 12.0. The van der Waals surface area contributed by atoms with Crippen LogP contribution in [0.4, 0.5) is 5.69 Å². The normalized spacial score (nSPS) is 24.6. The molecule has 1 saturated heterocycles. The highest BCUT2D eigenvalue weighted by Gasteiger charge is 2.29. The molecule has 4 nitrogen and oxygen atoms in total. The Hall–Kier alpha value is -1.55. The van der Waals surface area contributed by atoms with Gasteiger partial charge in [-0.05, 0) is 32.4 Å². The number of anilines is 1. The van der Waals surface area contributed by atoms with Crippen LogP contribution in [-0.4, -0.2) is 36.2 Å². The van der Waals surface area contributed by atoms with Crippen LogP contribution < -0.4 is 10.2 Å². The van der Waals surface area contributed by atoms with Gasteiger partial charge in [-0.1, -0.05) is 17.7 Å². The summed E-state index contributed by atoms with van der Waals surface area (Å²) < 4.78 is 0. The molecule has 1 amide bonds. The van der Waals surface area contributed by atoms with E-state index in [0.717, 1.165) is 18.7 Å². The number of rotatable bonds is 2. The Kier molecular flexibility index (Phi) is 3.87. The molecule has 18 heavy (non-hydrogen) atoms. The molecule has 2 N–H and O–H groups in total. The van der Waals surface area contributed by atoms with Gasteiger partial charge in [0.25, 0.3) is 0 Å². The number of amides is 1. The average Bonchev–Trinajstić information content (AvgIpc) is 2.48. The lowest BCUT2D eigenvalue weighted by Crippen LogP contribution is -2.47. The van der Waals surface area contributed by atoms with Crippen molar-refractivity contribution < 1.29 is 9.90 Å². The molecule has 1 aliphatic heterocycles. The fourth-order valence-electron chi connectivity index (χ4n) is 2.27. The van der Waals surface area contributed by atoms with E-state index in [-0.39, 0.29) is 18.6 Å². The van der Waals surface area contributed by atoms with Crippen molar-refractivity contribution in [3.63, 3.8) is 0 Å². The van der Waals surface area contributed by atoms with Crippen molar-refractivity contribution in [2.75, 3.05) is 18.1 Å². The van der Waals surface area contributed by atoms with Gasteiger partial charge in [0.1, 0.15) is 6.04 Å². The van der Waals surface area contributed by atoms with Crippen LogP contribution in [0.2, 0.25) is 0 Å². The summed E-state index contributed by atoms with van der Waals surface area (Å²) in [5, 5.41) is 12.4. The molecule has 1 aromatic carbocycles. The van der Waals surface area contributed by atoms with Crippen LogP contribution in [-0.2, 0) is 4.79 Å². The lowest BCUT2D eigenvalue weighted by atomic mass is 10.1. The quantitative estimate of drug-likeness (QED) is 0.823. The highest BCUT2D eigenvalue weighted by Crippen LogP contribution is 2.20. The van der Waals surface area contributed by atoms with Crippen molar-refractivity contribution in [1.29, 1.82) is 0 Å². The molecular weight excluding hydrogens is 228 g/mol. The van der Waals surface area contributed by atoms with Crippen LogP contribution in [0.25, 0.3) is 0 Å². The summed E-state index contributed by atoms with van der Waals surface area (Å²) in [6.07, 6.45) is 0.885. The molecule has 0 aromatic heterocycles. The molecule has 0 spiro atoms. The Bertz CT molecular complexity index is 416. The highest BCUT2D eigenvalue weighted by atomic mass is 16.3. The van der Waals surface area contributed by atoms with Gasteiger partial charge in [0.15, 0.2) is 0 Å². The molecule has 0 aliphatic carbocycles. The molecule has 1 aromatic rings. The Morgan fingerprint density at radius 1 is 1.39 bits per heavy atom. The Balaban J connectivity index is 2.27. The smallest absolute Gasteiger partial charge is 0.245 e. The summed E-state index contributed by atoms with van der Waals surface area (Å²) in [6.45, 7) is 4.64. The number of aliphatic hydroxyl groups is 1. The van der Waals surface area contributed by atoms with Gasteiger partial charge in [-0.2, -0.15) is 0 Å². The molecule has 0 radical (unpaired) electrons. The zero-order chi connectivity index (χ0) is 13.1. The maximum absolute atomic E-state index is 12.0. The topological polar surface area (TPSA) is 52.6 Å². The molecule has 0 bridgehead atoms. The van der Waals surface area contributed by atoms with Crippen LogP contribution >= 0.6 is 0 Å². The van der Waals surface area contributed by atoms with Gasteiger partial charge in [-0.3, -0.25) is 4.79 Å². The lowest BCUT2D eigenvalue weighted by Gasteiger charge is -2.29. The Labute approximate surface area is 108 Å². The predicted molar refractivity (Wildman–Crippen MR) is 71.6 cm³/mol. The van der Waals surface area contributed by atoms with Crippen molar-refractivity contribution in [2.45, 2.75) is 32.4 Å². The van der Waals surface area contributed by atoms with Crippen molar-refractivity contribution in [2.24, 2.45) is 0 Å². The molecule has 98 valence electrons. The molecule has 1 aliphatic rings. The minimum absolute atomic E-state index is 0.0944. The maximum Gasteiger partial charge on any atom is 0.245 e. The summed E-state index contributed by atoms with van der Waals surface area (Å²) in [5.41, 5.74) is 2.18. The third kappa shape index (κ3) is 2.64. The van der Waals surface area contributed by atoms with E-state index < -0.39 is 6.04 Å². The first-order chi connectivity index (χ1) is 8.61. The molecule has 1 fully saturated rings. The number of nitrogens with one attached hydrogen (secondary N) is 1. The first kappa shape index (κ1) is 12.9. The standard InChI is InChI=1S/C14H20N2O2/c1-10-3-5-12(6-4-10)16-8-7-11(2)15-14(18)13(16)9-17/h3-6,11,13,17H,7-9H2,1-2H3,(H,15,18). The van der Waals surface area contributed by atoms with E-state index in [4.69, 9.17) is 0 Å². The molecule has 2 atom stereocenters. The van der Waals surface area contributed by atoms with Crippen LogP contribution in [0.5, 0.6) is 0 Å². The first-order valence-corrected chi connectivity index (χ1v) is 6.36. The minimum Gasteiger partial charge on any atom is -0.394 e. The number of hydrogen-bond donors (Lipinski definition) is 2. The lowest BCUT2D eigenvalue weighted by molar-refractivity contribution is -0.123. The van der Waals surface area contributed by atoms with Gasteiger partial charge >= 0.3 is 0 Å². The highest BCUT2D eigenvalue weighted by molar-refractivity contribution is 5.86. The van der Waals surface area contributed by atoms with Gasteiger partial charge in [-0.25, -0.2) is 0 Å². The van der Waals surface area contributed by atoms with E-state index in [1.54, 1.807) is 0 Å². The number of hydrogen-bond acceptors (Lipinski definition) is 3. The third-order valence-corrected chi connectivity index (χ3v) is 3.41. The van der Waals surface area contributed by atoms with Crippen molar-refractivity contribution >= 4 is 11.6 Å². The summed E-state index contributed by atoms with van der Waals surface area (Å²) in [6, 6.07) is 7.72. The van der Waals surface area contributed by atoms with Crippen molar-refractivity contribution in [3.05, 3.63) is 29.8 Å². The van der Waals surface area contributed by atoms with E-state index in [9.17, 15) is 9.90 Å². The molecule has 2 rings (SSSR count). The van der Waals surface area contributed by atoms with Crippen LogP contribution in [0.15, 0.2) is 24.3 Å². The predicted octanol–water partition coefficient (Wildman–Crippen LogP) is 1.07. The van der Waals surface area contributed by atoms with Gasteiger partial charge in [0.2, 0.25) is 5.91 Å². The van der Waals surface area contributed by atoms with Gasteiger partial charge < -0.3 is 15.3 Å².